The Labute approximate surface area is 135 Å². The molecule has 2 unspecified atom stereocenters. The van der Waals surface area contributed by atoms with Crippen molar-refractivity contribution >= 4 is 5.95 Å². The van der Waals surface area contributed by atoms with Crippen molar-refractivity contribution in [3.8, 4) is 0 Å². The summed E-state index contributed by atoms with van der Waals surface area (Å²) in [5, 5.41) is 18.5. The van der Waals surface area contributed by atoms with Gasteiger partial charge in [-0.1, -0.05) is 0 Å². The Morgan fingerprint density at radius 2 is 2.30 bits per heavy atom. The topological polar surface area (TPSA) is 83.5 Å². The van der Waals surface area contributed by atoms with E-state index in [1.165, 1.54) is 0 Å². The number of aliphatic hydroxyl groups excluding tert-OH is 1. The smallest absolute Gasteiger partial charge is 0.265 e. The van der Waals surface area contributed by atoms with Crippen LogP contribution < -0.4 is 4.90 Å². The third-order valence-electron chi connectivity index (χ3n) is 4.30. The summed E-state index contributed by atoms with van der Waals surface area (Å²) in [4.78, 5) is 8.51. The molecule has 1 N–H and O–H groups in total. The van der Waals surface area contributed by atoms with E-state index in [4.69, 9.17) is 4.52 Å². The zero-order valence-electron chi connectivity index (χ0n) is 13.9. The fraction of sp³-hybridized carbons (Fsp3) is 0.667. The van der Waals surface area contributed by atoms with Gasteiger partial charge in [-0.2, -0.15) is 10.1 Å². The second-order valence-electron chi connectivity index (χ2n) is 6.35. The van der Waals surface area contributed by atoms with Gasteiger partial charge in [0.2, 0.25) is 5.89 Å². The van der Waals surface area contributed by atoms with Crippen LogP contribution in [-0.4, -0.2) is 56.6 Å². The van der Waals surface area contributed by atoms with Crippen LogP contribution in [0.25, 0.3) is 0 Å². The van der Waals surface area contributed by atoms with E-state index >= 15 is 0 Å². The molecule has 1 aliphatic rings. The lowest BCUT2D eigenvalue weighted by Gasteiger charge is -2.24. The van der Waals surface area contributed by atoms with Crippen molar-refractivity contribution in [1.29, 1.82) is 0 Å². The molecule has 1 saturated heterocycles. The van der Waals surface area contributed by atoms with Gasteiger partial charge in [0, 0.05) is 38.9 Å². The molecule has 23 heavy (non-hydrogen) atoms. The van der Waals surface area contributed by atoms with Crippen LogP contribution in [0.3, 0.4) is 0 Å². The number of aryl methyl sites for hydroxylation is 1. The fourth-order valence-corrected chi connectivity index (χ4v) is 3.04. The van der Waals surface area contributed by atoms with Gasteiger partial charge in [-0.05, 0) is 31.0 Å². The maximum atomic E-state index is 10.4. The van der Waals surface area contributed by atoms with E-state index in [0.717, 1.165) is 24.9 Å². The molecule has 0 bridgehead atoms. The summed E-state index contributed by atoms with van der Waals surface area (Å²) in [5.74, 6) is 1.21. The molecule has 2 aromatic rings. The first kappa shape index (κ1) is 15.9. The predicted molar refractivity (Wildman–Crippen MR) is 84.8 cm³/mol. The number of anilines is 1. The molecule has 1 fully saturated rings. The fourth-order valence-electron chi connectivity index (χ4n) is 3.04. The van der Waals surface area contributed by atoms with E-state index < -0.39 is 6.10 Å². The van der Waals surface area contributed by atoms with Crippen LogP contribution in [0.2, 0.25) is 0 Å². The van der Waals surface area contributed by atoms with Gasteiger partial charge in [0.05, 0.1) is 18.8 Å². The molecule has 3 rings (SSSR count). The number of aliphatic hydroxyl groups is 1. The van der Waals surface area contributed by atoms with Crippen LogP contribution in [0.15, 0.2) is 16.9 Å². The van der Waals surface area contributed by atoms with Gasteiger partial charge < -0.3 is 14.5 Å². The highest BCUT2D eigenvalue weighted by atomic mass is 16.5. The number of hydrogen-bond donors (Lipinski definition) is 1. The Morgan fingerprint density at radius 1 is 1.48 bits per heavy atom. The number of aromatic nitrogens is 4. The Balaban J connectivity index is 1.60. The highest BCUT2D eigenvalue weighted by molar-refractivity contribution is 5.23. The summed E-state index contributed by atoms with van der Waals surface area (Å²) in [7, 11) is 5.63. The molecular formula is C15H24N6O2. The molecule has 3 heterocycles. The predicted octanol–water partition coefficient (Wildman–Crippen LogP) is 0.957. The van der Waals surface area contributed by atoms with Gasteiger partial charge in [0.15, 0.2) is 0 Å². The first-order valence-corrected chi connectivity index (χ1v) is 7.93. The molecule has 2 atom stereocenters. The van der Waals surface area contributed by atoms with Crippen LogP contribution in [0.1, 0.15) is 36.8 Å². The zero-order chi connectivity index (χ0) is 16.4. The molecule has 0 amide bonds. The first-order valence-electron chi connectivity index (χ1n) is 7.93. The molecule has 0 saturated carbocycles. The van der Waals surface area contributed by atoms with Gasteiger partial charge in [-0.25, -0.2) is 0 Å². The molecule has 0 spiro atoms. The molecule has 0 radical (unpaired) electrons. The lowest BCUT2D eigenvalue weighted by atomic mass is 10.0. The molecule has 0 aromatic carbocycles. The summed E-state index contributed by atoms with van der Waals surface area (Å²) in [6, 6.07) is 0.319. The van der Waals surface area contributed by atoms with Gasteiger partial charge in [-0.15, -0.1) is 0 Å². The Morgan fingerprint density at radius 3 is 2.96 bits per heavy atom. The van der Waals surface area contributed by atoms with Gasteiger partial charge in [0.25, 0.3) is 5.95 Å². The molecule has 2 aromatic heterocycles. The monoisotopic (exact) mass is 320 g/mol. The molecule has 126 valence electrons. The maximum Gasteiger partial charge on any atom is 0.265 e. The molecule has 0 aliphatic carbocycles. The van der Waals surface area contributed by atoms with E-state index in [2.05, 4.69) is 20.1 Å². The third-order valence-corrected chi connectivity index (χ3v) is 4.30. The number of rotatable bonds is 6. The minimum Gasteiger partial charge on any atom is -0.388 e. The Bertz CT molecular complexity index is 637. The normalized spacial score (nSPS) is 20.1. The number of likely N-dealkylation sites (tertiary alicyclic amines) is 1. The van der Waals surface area contributed by atoms with Crippen LogP contribution in [0, 0.1) is 0 Å². The average Bonchev–Trinajstić information content (AvgIpc) is 3.21. The first-order chi connectivity index (χ1) is 11.0. The van der Waals surface area contributed by atoms with E-state index in [-0.39, 0.29) is 0 Å². The molecule has 8 nitrogen and oxygen atoms in total. The summed E-state index contributed by atoms with van der Waals surface area (Å²) in [6.45, 7) is 1.62. The lowest BCUT2D eigenvalue weighted by molar-refractivity contribution is 0.112. The highest BCUT2D eigenvalue weighted by Crippen LogP contribution is 2.28. The molecular weight excluding hydrogens is 296 g/mol. The zero-order valence-corrected chi connectivity index (χ0v) is 13.9. The molecule has 1 aliphatic heterocycles. The van der Waals surface area contributed by atoms with Crippen LogP contribution in [0.4, 0.5) is 5.95 Å². The summed E-state index contributed by atoms with van der Waals surface area (Å²) < 4.78 is 7.02. The SMILES string of the molecule is CN(C)c1noc(CN2CCCC2CC(O)c2cnn(C)c2)n1. The standard InChI is InChI=1S/C15H24N6O2/c1-19(2)15-17-14(23-18-15)10-21-6-4-5-12(21)7-13(22)11-8-16-20(3)9-11/h8-9,12-13,22H,4-7,10H2,1-3H3. The Hall–Kier alpha value is -1.93. The molecule has 8 heteroatoms. The van der Waals surface area contributed by atoms with Crippen molar-refractivity contribution in [1.82, 2.24) is 24.8 Å². The third kappa shape index (κ3) is 3.70. The van der Waals surface area contributed by atoms with Crippen molar-refractivity contribution in [2.75, 3.05) is 25.5 Å². The van der Waals surface area contributed by atoms with Crippen LogP contribution in [-0.2, 0) is 13.6 Å². The largest absolute Gasteiger partial charge is 0.388 e. The van der Waals surface area contributed by atoms with E-state index in [0.29, 0.717) is 30.8 Å². The number of hydrogen-bond acceptors (Lipinski definition) is 7. The van der Waals surface area contributed by atoms with Crippen molar-refractivity contribution in [3.63, 3.8) is 0 Å². The lowest BCUT2D eigenvalue weighted by Crippen LogP contribution is -2.30. The van der Waals surface area contributed by atoms with Gasteiger partial charge in [-0.3, -0.25) is 9.58 Å². The van der Waals surface area contributed by atoms with Crippen molar-refractivity contribution in [2.45, 2.75) is 38.0 Å². The quantitative estimate of drug-likeness (QED) is 0.848. The van der Waals surface area contributed by atoms with Gasteiger partial charge >= 0.3 is 0 Å². The average molecular weight is 320 g/mol. The van der Waals surface area contributed by atoms with Crippen LogP contribution in [0.5, 0.6) is 0 Å². The van der Waals surface area contributed by atoms with Crippen LogP contribution >= 0.6 is 0 Å². The number of nitrogens with zero attached hydrogens (tertiary/aromatic N) is 6. The van der Waals surface area contributed by atoms with E-state index in [1.807, 2.05) is 32.2 Å². The van der Waals surface area contributed by atoms with E-state index in [1.54, 1.807) is 10.9 Å². The second-order valence-corrected chi connectivity index (χ2v) is 6.35. The van der Waals surface area contributed by atoms with Crippen molar-refractivity contribution in [3.05, 3.63) is 23.8 Å². The van der Waals surface area contributed by atoms with Gasteiger partial charge in [0.1, 0.15) is 0 Å². The summed E-state index contributed by atoms with van der Waals surface area (Å²) in [5.41, 5.74) is 0.868. The second kappa shape index (κ2) is 6.67. The highest BCUT2D eigenvalue weighted by Gasteiger charge is 2.29. The Kier molecular flexibility index (Phi) is 4.63. The van der Waals surface area contributed by atoms with E-state index in [9.17, 15) is 5.11 Å². The summed E-state index contributed by atoms with van der Waals surface area (Å²) >= 11 is 0. The minimum atomic E-state index is -0.491. The van der Waals surface area contributed by atoms with Crippen molar-refractivity contribution < 1.29 is 9.63 Å². The summed E-state index contributed by atoms with van der Waals surface area (Å²) in [6.07, 6.45) is 6.00. The minimum absolute atomic E-state index is 0.319. The van der Waals surface area contributed by atoms with Crippen molar-refractivity contribution in [2.24, 2.45) is 7.05 Å². The maximum absolute atomic E-state index is 10.4.